The molecule has 1 aliphatic rings. The molecule has 0 saturated carbocycles. The van der Waals surface area contributed by atoms with Gasteiger partial charge in [0, 0.05) is 18.1 Å². The first-order valence-corrected chi connectivity index (χ1v) is 6.88. The molecular formula is C11H13BrF3N3O. The lowest BCUT2D eigenvalue weighted by Crippen LogP contribution is -2.49. The molecule has 0 bridgehead atoms. The van der Waals surface area contributed by atoms with Crippen LogP contribution in [0.2, 0.25) is 0 Å². The molecule has 0 aromatic carbocycles. The van der Waals surface area contributed by atoms with Crippen molar-refractivity contribution in [2.45, 2.75) is 25.2 Å². The van der Waals surface area contributed by atoms with Gasteiger partial charge in [-0.05, 0) is 13.0 Å². The fourth-order valence-corrected chi connectivity index (χ4v) is 2.23. The summed E-state index contributed by atoms with van der Waals surface area (Å²) in [6.07, 6.45) is -3.40. The minimum atomic E-state index is -4.46. The first-order valence-electron chi connectivity index (χ1n) is 5.76. The second kappa shape index (κ2) is 5.62. The number of nitrogens with zero attached hydrogens (tertiary/aromatic N) is 3. The van der Waals surface area contributed by atoms with Crippen molar-refractivity contribution in [2.75, 3.05) is 23.4 Å². The van der Waals surface area contributed by atoms with E-state index in [1.54, 1.807) is 4.90 Å². The molecule has 8 heteroatoms. The summed E-state index contributed by atoms with van der Waals surface area (Å²) in [5, 5.41) is 0.620. The van der Waals surface area contributed by atoms with Gasteiger partial charge in [-0.2, -0.15) is 13.2 Å². The maximum atomic E-state index is 12.6. The summed E-state index contributed by atoms with van der Waals surface area (Å²) in [5.74, 6) is 0.0941. The van der Waals surface area contributed by atoms with E-state index in [9.17, 15) is 13.2 Å². The zero-order valence-corrected chi connectivity index (χ0v) is 11.8. The molecule has 0 N–H and O–H groups in total. The lowest BCUT2D eigenvalue weighted by atomic mass is 10.2. The molecule has 106 valence electrons. The van der Waals surface area contributed by atoms with E-state index < -0.39 is 11.9 Å². The van der Waals surface area contributed by atoms with Crippen molar-refractivity contribution in [1.82, 2.24) is 9.97 Å². The summed E-state index contributed by atoms with van der Waals surface area (Å²) >= 11 is 3.30. The van der Waals surface area contributed by atoms with E-state index in [0.29, 0.717) is 18.5 Å². The molecule has 19 heavy (non-hydrogen) atoms. The number of aromatic nitrogens is 2. The summed E-state index contributed by atoms with van der Waals surface area (Å²) < 4.78 is 43.4. The van der Waals surface area contributed by atoms with Crippen LogP contribution in [0, 0.1) is 0 Å². The summed E-state index contributed by atoms with van der Waals surface area (Å²) in [6, 6.07) is 0.815. The quantitative estimate of drug-likeness (QED) is 0.776. The highest BCUT2D eigenvalue weighted by molar-refractivity contribution is 9.09. The van der Waals surface area contributed by atoms with E-state index in [4.69, 9.17) is 4.74 Å². The van der Waals surface area contributed by atoms with Gasteiger partial charge in [0.1, 0.15) is 5.69 Å². The Hall–Kier alpha value is -0.890. The van der Waals surface area contributed by atoms with Gasteiger partial charge in [-0.3, -0.25) is 0 Å². The Kier molecular flexibility index (Phi) is 4.29. The van der Waals surface area contributed by atoms with Crippen LogP contribution < -0.4 is 4.90 Å². The molecule has 0 amide bonds. The summed E-state index contributed by atoms with van der Waals surface area (Å²) in [5.41, 5.74) is -0.924. The summed E-state index contributed by atoms with van der Waals surface area (Å²) in [4.78, 5) is 9.29. The van der Waals surface area contributed by atoms with Crippen LogP contribution in [0.5, 0.6) is 0 Å². The Bertz CT molecular complexity index is 443. The topological polar surface area (TPSA) is 38.2 Å². The number of morpholine rings is 1. The fourth-order valence-electron chi connectivity index (χ4n) is 1.83. The van der Waals surface area contributed by atoms with Crippen molar-refractivity contribution in [3.8, 4) is 0 Å². The third kappa shape index (κ3) is 3.36. The number of anilines is 1. The zero-order chi connectivity index (χ0) is 14.0. The molecule has 0 radical (unpaired) electrons. The van der Waals surface area contributed by atoms with Crippen LogP contribution in [0.15, 0.2) is 12.3 Å². The predicted molar refractivity (Wildman–Crippen MR) is 67.4 cm³/mol. The molecule has 2 rings (SSSR count). The Morgan fingerprint density at radius 3 is 2.89 bits per heavy atom. The number of alkyl halides is 4. The SMILES string of the molecule is CC1COC(CBr)CN1c1nccc(C(F)(F)F)n1. The van der Waals surface area contributed by atoms with E-state index in [0.717, 1.165) is 12.3 Å². The molecule has 2 heterocycles. The first kappa shape index (κ1) is 14.5. The second-order valence-corrected chi connectivity index (χ2v) is 5.00. The van der Waals surface area contributed by atoms with E-state index in [-0.39, 0.29) is 18.1 Å². The van der Waals surface area contributed by atoms with Gasteiger partial charge in [-0.1, -0.05) is 15.9 Å². The van der Waals surface area contributed by atoms with Crippen molar-refractivity contribution >= 4 is 21.9 Å². The molecule has 2 unspecified atom stereocenters. The van der Waals surface area contributed by atoms with Gasteiger partial charge >= 0.3 is 6.18 Å². The van der Waals surface area contributed by atoms with E-state index in [1.165, 1.54) is 0 Å². The van der Waals surface area contributed by atoms with Gasteiger partial charge in [-0.25, -0.2) is 9.97 Å². The highest BCUT2D eigenvalue weighted by Gasteiger charge is 2.34. The van der Waals surface area contributed by atoms with E-state index in [2.05, 4.69) is 25.9 Å². The van der Waals surface area contributed by atoms with E-state index >= 15 is 0 Å². The molecule has 1 aliphatic heterocycles. The molecule has 0 spiro atoms. The number of halogens is 4. The molecule has 1 saturated heterocycles. The fraction of sp³-hybridized carbons (Fsp3) is 0.636. The molecule has 0 aliphatic carbocycles. The number of hydrogen-bond donors (Lipinski definition) is 0. The van der Waals surface area contributed by atoms with Gasteiger partial charge < -0.3 is 9.64 Å². The van der Waals surface area contributed by atoms with Gasteiger partial charge in [-0.15, -0.1) is 0 Å². The van der Waals surface area contributed by atoms with Crippen molar-refractivity contribution in [1.29, 1.82) is 0 Å². The van der Waals surface area contributed by atoms with Gasteiger partial charge in [0.15, 0.2) is 0 Å². The maximum absolute atomic E-state index is 12.6. The third-order valence-electron chi connectivity index (χ3n) is 2.87. The highest BCUT2D eigenvalue weighted by atomic mass is 79.9. The van der Waals surface area contributed by atoms with Gasteiger partial charge in [0.25, 0.3) is 0 Å². The van der Waals surface area contributed by atoms with Crippen LogP contribution in [0.1, 0.15) is 12.6 Å². The third-order valence-corrected chi connectivity index (χ3v) is 3.59. The highest BCUT2D eigenvalue weighted by Crippen LogP contribution is 2.29. The summed E-state index contributed by atoms with van der Waals surface area (Å²) in [7, 11) is 0. The standard InChI is InChI=1S/C11H13BrF3N3O/c1-7-6-19-8(4-12)5-18(7)10-16-3-2-9(17-10)11(13,14)15/h2-3,7-8H,4-6H2,1H3. The van der Waals surface area contributed by atoms with Crippen LogP contribution in [0.3, 0.4) is 0 Å². The molecule has 1 aromatic rings. The van der Waals surface area contributed by atoms with Crippen LogP contribution in [0.25, 0.3) is 0 Å². The summed E-state index contributed by atoms with van der Waals surface area (Å²) in [6.45, 7) is 2.78. The Labute approximate surface area is 117 Å². The molecule has 2 atom stereocenters. The molecular weight excluding hydrogens is 327 g/mol. The minimum Gasteiger partial charge on any atom is -0.373 e. The van der Waals surface area contributed by atoms with Crippen LogP contribution >= 0.6 is 15.9 Å². The van der Waals surface area contributed by atoms with Crippen molar-refractivity contribution in [3.05, 3.63) is 18.0 Å². The van der Waals surface area contributed by atoms with E-state index in [1.807, 2.05) is 6.92 Å². The number of rotatable bonds is 2. The lowest BCUT2D eigenvalue weighted by Gasteiger charge is -2.37. The molecule has 4 nitrogen and oxygen atoms in total. The van der Waals surface area contributed by atoms with Crippen molar-refractivity contribution in [2.24, 2.45) is 0 Å². The van der Waals surface area contributed by atoms with Gasteiger partial charge in [0.2, 0.25) is 5.95 Å². The average molecular weight is 340 g/mol. The number of ether oxygens (including phenoxy) is 1. The second-order valence-electron chi connectivity index (χ2n) is 4.35. The normalized spacial score (nSPS) is 24.6. The Morgan fingerprint density at radius 2 is 2.26 bits per heavy atom. The van der Waals surface area contributed by atoms with Crippen LogP contribution in [-0.2, 0) is 10.9 Å². The monoisotopic (exact) mass is 339 g/mol. The zero-order valence-electron chi connectivity index (χ0n) is 10.2. The predicted octanol–water partition coefficient (Wildman–Crippen LogP) is 2.48. The van der Waals surface area contributed by atoms with Crippen molar-refractivity contribution < 1.29 is 17.9 Å². The molecule has 1 fully saturated rings. The number of hydrogen-bond acceptors (Lipinski definition) is 4. The maximum Gasteiger partial charge on any atom is 0.433 e. The lowest BCUT2D eigenvalue weighted by molar-refractivity contribution is -0.141. The Balaban J connectivity index is 2.25. The minimum absolute atomic E-state index is 0.0567. The van der Waals surface area contributed by atoms with Crippen molar-refractivity contribution in [3.63, 3.8) is 0 Å². The first-order chi connectivity index (χ1) is 8.91. The largest absolute Gasteiger partial charge is 0.433 e. The van der Waals surface area contributed by atoms with Gasteiger partial charge in [0.05, 0.1) is 18.8 Å². The Morgan fingerprint density at radius 1 is 1.53 bits per heavy atom. The van der Waals surface area contributed by atoms with Crippen LogP contribution in [-0.4, -0.2) is 40.6 Å². The molecule has 1 aromatic heterocycles. The van der Waals surface area contributed by atoms with Crippen LogP contribution in [0.4, 0.5) is 19.1 Å². The average Bonchev–Trinajstić information content (AvgIpc) is 2.38. The smallest absolute Gasteiger partial charge is 0.373 e.